The number of amides is 1. The van der Waals surface area contributed by atoms with Gasteiger partial charge >= 0.3 is 6.09 Å². The number of aromatic hydroxyl groups is 1. The van der Waals surface area contributed by atoms with Crippen LogP contribution in [0.5, 0.6) is 5.75 Å². The minimum Gasteiger partial charge on any atom is -0.507 e. The zero-order chi connectivity index (χ0) is 16.8. The van der Waals surface area contributed by atoms with Crippen LogP contribution in [0.25, 0.3) is 11.4 Å². The van der Waals surface area contributed by atoms with Crippen LogP contribution in [0, 0.1) is 3.57 Å². The Morgan fingerprint density at radius 1 is 1.39 bits per heavy atom. The first-order valence-corrected chi connectivity index (χ1v) is 8.12. The number of hydrogen-bond acceptors (Lipinski definition) is 5. The zero-order valence-electron chi connectivity index (χ0n) is 12.5. The Morgan fingerprint density at radius 3 is 2.87 bits per heavy atom. The first kappa shape index (κ1) is 17.3. The van der Waals surface area contributed by atoms with Crippen molar-refractivity contribution in [3.63, 3.8) is 0 Å². The number of carbonyl (C=O) groups is 1. The SMILES string of the molecule is CC[C@H](CNc1ccnc(-c2cc(I)ccc2O)n1)NC(=O)O. The molecular weight excluding hydrogens is 411 g/mol. The van der Waals surface area contributed by atoms with Crippen molar-refractivity contribution in [3.05, 3.63) is 34.0 Å². The number of nitrogens with zero attached hydrogens (tertiary/aromatic N) is 2. The molecule has 0 aliphatic carbocycles. The molecule has 2 rings (SSSR count). The van der Waals surface area contributed by atoms with Gasteiger partial charge in [0.1, 0.15) is 11.6 Å². The number of benzene rings is 1. The number of aromatic nitrogens is 2. The third kappa shape index (κ3) is 4.95. The van der Waals surface area contributed by atoms with Crippen molar-refractivity contribution in [2.24, 2.45) is 0 Å². The molecule has 0 unspecified atom stereocenters. The Labute approximate surface area is 147 Å². The number of hydrogen-bond donors (Lipinski definition) is 4. The van der Waals surface area contributed by atoms with Crippen LogP contribution in [0.4, 0.5) is 10.6 Å². The van der Waals surface area contributed by atoms with E-state index in [0.717, 1.165) is 3.57 Å². The number of phenolic OH excluding ortho intramolecular Hbond substituents is 1. The molecular formula is C15H17IN4O3. The predicted octanol–water partition coefficient (Wildman–Crippen LogP) is 2.91. The van der Waals surface area contributed by atoms with Gasteiger partial charge in [-0.25, -0.2) is 14.8 Å². The van der Waals surface area contributed by atoms with Crippen LogP contribution in [0.15, 0.2) is 30.5 Å². The Hall–Kier alpha value is -2.10. The van der Waals surface area contributed by atoms with Crippen LogP contribution in [0.2, 0.25) is 0 Å². The second-order valence-electron chi connectivity index (χ2n) is 4.86. The van der Waals surface area contributed by atoms with Gasteiger partial charge in [-0.2, -0.15) is 0 Å². The molecule has 1 aromatic heterocycles. The van der Waals surface area contributed by atoms with E-state index in [0.29, 0.717) is 30.2 Å². The fourth-order valence-electron chi connectivity index (χ4n) is 1.97. The minimum atomic E-state index is -1.05. The van der Waals surface area contributed by atoms with Crippen molar-refractivity contribution in [1.29, 1.82) is 0 Å². The van der Waals surface area contributed by atoms with Gasteiger partial charge in [0, 0.05) is 22.4 Å². The number of carboxylic acid groups (broad SMARTS) is 1. The second-order valence-corrected chi connectivity index (χ2v) is 6.11. The van der Waals surface area contributed by atoms with Crippen LogP contribution >= 0.6 is 22.6 Å². The summed E-state index contributed by atoms with van der Waals surface area (Å²) >= 11 is 2.15. The lowest BCUT2D eigenvalue weighted by molar-refractivity contribution is 0.190. The van der Waals surface area contributed by atoms with Crippen molar-refractivity contribution >= 4 is 34.5 Å². The Kier molecular flexibility index (Phi) is 5.97. The molecule has 4 N–H and O–H groups in total. The van der Waals surface area contributed by atoms with Gasteiger partial charge in [0.25, 0.3) is 0 Å². The normalized spacial score (nSPS) is 11.7. The first-order valence-electron chi connectivity index (χ1n) is 7.05. The summed E-state index contributed by atoms with van der Waals surface area (Å²) in [6.07, 6.45) is 1.20. The molecule has 0 radical (unpaired) electrons. The lowest BCUT2D eigenvalue weighted by Crippen LogP contribution is -2.38. The number of halogens is 1. The van der Waals surface area contributed by atoms with E-state index in [-0.39, 0.29) is 11.8 Å². The molecule has 122 valence electrons. The lowest BCUT2D eigenvalue weighted by Gasteiger charge is -2.16. The van der Waals surface area contributed by atoms with E-state index in [1.807, 2.05) is 6.92 Å². The largest absolute Gasteiger partial charge is 0.507 e. The van der Waals surface area contributed by atoms with Crippen molar-refractivity contribution in [1.82, 2.24) is 15.3 Å². The van der Waals surface area contributed by atoms with Crippen LogP contribution in [0.3, 0.4) is 0 Å². The molecule has 0 aliphatic heterocycles. The van der Waals surface area contributed by atoms with E-state index in [1.54, 1.807) is 30.5 Å². The van der Waals surface area contributed by atoms with E-state index in [1.165, 1.54) is 0 Å². The quantitative estimate of drug-likeness (QED) is 0.528. The average Bonchev–Trinajstić information content (AvgIpc) is 2.53. The average molecular weight is 428 g/mol. The summed E-state index contributed by atoms with van der Waals surface area (Å²) in [6, 6.07) is 6.68. The van der Waals surface area contributed by atoms with Crippen LogP contribution in [-0.2, 0) is 0 Å². The maximum absolute atomic E-state index is 10.7. The van der Waals surface area contributed by atoms with Gasteiger partial charge in [-0.1, -0.05) is 6.92 Å². The second kappa shape index (κ2) is 7.95. The van der Waals surface area contributed by atoms with Gasteiger partial charge in [0.15, 0.2) is 5.82 Å². The highest BCUT2D eigenvalue weighted by molar-refractivity contribution is 14.1. The summed E-state index contributed by atoms with van der Waals surface area (Å²) in [6.45, 7) is 2.31. The highest BCUT2D eigenvalue weighted by Gasteiger charge is 2.11. The fraction of sp³-hybridized carbons (Fsp3) is 0.267. The molecule has 0 saturated heterocycles. The smallest absolute Gasteiger partial charge is 0.404 e. The number of nitrogens with one attached hydrogen (secondary N) is 2. The standard InChI is InChI=1S/C15H17IN4O3/c1-2-10(19-15(22)23)8-18-13-5-6-17-14(20-13)11-7-9(16)3-4-12(11)21/h3-7,10,19,21H,2,8H2,1H3,(H,22,23)(H,17,18,20)/t10-/m1/s1. The molecule has 0 spiro atoms. The van der Waals surface area contributed by atoms with E-state index in [9.17, 15) is 9.90 Å². The van der Waals surface area contributed by atoms with Gasteiger partial charge < -0.3 is 20.8 Å². The van der Waals surface area contributed by atoms with Crippen LogP contribution in [-0.4, -0.2) is 38.9 Å². The van der Waals surface area contributed by atoms with E-state index >= 15 is 0 Å². The molecule has 1 aromatic carbocycles. The zero-order valence-corrected chi connectivity index (χ0v) is 14.6. The van der Waals surface area contributed by atoms with Gasteiger partial charge in [0.05, 0.1) is 5.56 Å². The summed E-state index contributed by atoms with van der Waals surface area (Å²) in [4.78, 5) is 19.2. The predicted molar refractivity (Wildman–Crippen MR) is 95.6 cm³/mol. The van der Waals surface area contributed by atoms with E-state index in [2.05, 4.69) is 43.2 Å². The summed E-state index contributed by atoms with van der Waals surface area (Å²) in [7, 11) is 0. The molecule has 8 heteroatoms. The summed E-state index contributed by atoms with van der Waals surface area (Å²) < 4.78 is 0.967. The Morgan fingerprint density at radius 2 is 2.17 bits per heavy atom. The van der Waals surface area contributed by atoms with Crippen molar-refractivity contribution in [2.75, 3.05) is 11.9 Å². The van der Waals surface area contributed by atoms with Gasteiger partial charge in [-0.05, 0) is 53.3 Å². The van der Waals surface area contributed by atoms with Crippen molar-refractivity contribution in [3.8, 4) is 17.1 Å². The molecule has 0 saturated carbocycles. The minimum absolute atomic E-state index is 0.113. The third-order valence-corrected chi connectivity index (χ3v) is 3.88. The molecule has 0 fully saturated rings. The molecule has 7 nitrogen and oxygen atoms in total. The summed E-state index contributed by atoms with van der Waals surface area (Å²) in [5, 5.41) is 24.2. The third-order valence-electron chi connectivity index (χ3n) is 3.21. The van der Waals surface area contributed by atoms with E-state index in [4.69, 9.17) is 5.11 Å². The molecule has 2 aromatic rings. The highest BCUT2D eigenvalue weighted by atomic mass is 127. The molecule has 1 amide bonds. The summed E-state index contributed by atoms with van der Waals surface area (Å²) in [5.41, 5.74) is 0.552. The molecule has 1 heterocycles. The fourth-order valence-corrected chi connectivity index (χ4v) is 2.47. The van der Waals surface area contributed by atoms with E-state index < -0.39 is 6.09 Å². The van der Waals surface area contributed by atoms with Gasteiger partial charge in [0.2, 0.25) is 0 Å². The first-order chi connectivity index (χ1) is 11.0. The maximum atomic E-state index is 10.7. The molecule has 23 heavy (non-hydrogen) atoms. The van der Waals surface area contributed by atoms with Crippen molar-refractivity contribution < 1.29 is 15.0 Å². The highest BCUT2D eigenvalue weighted by Crippen LogP contribution is 2.28. The number of rotatable bonds is 6. The monoisotopic (exact) mass is 428 g/mol. The van der Waals surface area contributed by atoms with Crippen LogP contribution in [0.1, 0.15) is 13.3 Å². The van der Waals surface area contributed by atoms with Gasteiger partial charge in [-0.3, -0.25) is 0 Å². The number of phenols is 1. The lowest BCUT2D eigenvalue weighted by atomic mass is 10.2. The molecule has 0 aliphatic rings. The Bertz CT molecular complexity index is 696. The Balaban J connectivity index is 2.13. The molecule has 1 atom stereocenters. The van der Waals surface area contributed by atoms with Crippen LogP contribution < -0.4 is 10.6 Å². The molecule has 0 bridgehead atoms. The summed E-state index contributed by atoms with van der Waals surface area (Å²) in [5.74, 6) is 1.09. The van der Waals surface area contributed by atoms with Crippen molar-refractivity contribution in [2.45, 2.75) is 19.4 Å². The maximum Gasteiger partial charge on any atom is 0.404 e. The van der Waals surface area contributed by atoms with Gasteiger partial charge in [-0.15, -0.1) is 0 Å². The topological polar surface area (TPSA) is 107 Å². The number of anilines is 1.